The second-order valence-corrected chi connectivity index (χ2v) is 8.14. The topological polar surface area (TPSA) is 101 Å². The molecule has 0 amide bonds. The molecule has 0 aliphatic heterocycles. The van der Waals surface area contributed by atoms with E-state index in [1.165, 1.54) is 26.4 Å². The van der Waals surface area contributed by atoms with E-state index in [2.05, 4.69) is 31.9 Å². The molecule has 0 saturated heterocycles. The van der Waals surface area contributed by atoms with E-state index < -0.39 is 24.9 Å². The SMILES string of the molecule is C=C(C)/C(=N\N=C\CCC(Cc1cc(C)nc(OCC(F)F)c1C)=NC#N)c1cn(C)nc1C(F)(F)F. The van der Waals surface area contributed by atoms with Crippen molar-refractivity contribution in [2.45, 2.75) is 52.6 Å². The summed E-state index contributed by atoms with van der Waals surface area (Å²) >= 11 is 0. The molecule has 2 rings (SSSR count). The highest BCUT2D eigenvalue weighted by molar-refractivity contribution is 6.12. The van der Waals surface area contributed by atoms with Crippen molar-refractivity contribution in [1.82, 2.24) is 14.8 Å². The monoisotopic (exact) mass is 523 g/mol. The zero-order valence-electron chi connectivity index (χ0n) is 20.8. The number of hydrogen-bond acceptors (Lipinski definition) is 7. The fourth-order valence-electron chi connectivity index (χ4n) is 3.34. The second kappa shape index (κ2) is 12.8. The normalized spacial score (nSPS) is 12.9. The molecule has 0 aliphatic rings. The molecule has 0 N–H and O–H groups in total. The van der Waals surface area contributed by atoms with Crippen molar-refractivity contribution in [2.75, 3.05) is 6.61 Å². The van der Waals surface area contributed by atoms with Gasteiger partial charge in [-0.05, 0) is 50.8 Å². The van der Waals surface area contributed by atoms with E-state index in [0.29, 0.717) is 29.0 Å². The molecule has 0 bridgehead atoms. The largest absolute Gasteiger partial charge is 0.471 e. The van der Waals surface area contributed by atoms with Gasteiger partial charge in [0.25, 0.3) is 6.43 Å². The van der Waals surface area contributed by atoms with Gasteiger partial charge in [0.1, 0.15) is 0 Å². The maximum absolute atomic E-state index is 13.3. The Hall–Kier alpha value is -3.95. The van der Waals surface area contributed by atoms with Crippen LogP contribution in [0.5, 0.6) is 5.88 Å². The van der Waals surface area contributed by atoms with Crippen LogP contribution in [0.2, 0.25) is 0 Å². The lowest BCUT2D eigenvalue weighted by molar-refractivity contribution is -0.141. The zero-order chi connectivity index (χ0) is 27.8. The van der Waals surface area contributed by atoms with Crippen LogP contribution in [0.15, 0.2) is 39.6 Å². The van der Waals surface area contributed by atoms with Crippen LogP contribution >= 0.6 is 0 Å². The van der Waals surface area contributed by atoms with E-state index >= 15 is 0 Å². The van der Waals surface area contributed by atoms with Crippen molar-refractivity contribution < 1.29 is 26.7 Å². The van der Waals surface area contributed by atoms with E-state index in [1.54, 1.807) is 26.1 Å². The van der Waals surface area contributed by atoms with Crippen LogP contribution in [0.1, 0.15) is 47.8 Å². The minimum absolute atomic E-state index is 0.0539. The van der Waals surface area contributed by atoms with E-state index in [9.17, 15) is 22.0 Å². The molecule has 0 atom stereocenters. The third kappa shape index (κ3) is 8.59. The fraction of sp³-hybridized carbons (Fsp3) is 0.417. The number of allylic oxidation sites excluding steroid dienone is 1. The van der Waals surface area contributed by atoms with Crippen LogP contribution < -0.4 is 4.74 Å². The highest BCUT2D eigenvalue weighted by Gasteiger charge is 2.38. The summed E-state index contributed by atoms with van der Waals surface area (Å²) in [6.07, 6.45) is -2.18. The summed E-state index contributed by atoms with van der Waals surface area (Å²) in [6, 6.07) is 1.75. The number of rotatable bonds is 11. The van der Waals surface area contributed by atoms with Gasteiger partial charge in [0.2, 0.25) is 12.1 Å². The Bertz CT molecular complexity index is 1250. The first-order valence-electron chi connectivity index (χ1n) is 11.0. The van der Waals surface area contributed by atoms with Crippen LogP contribution in [-0.4, -0.2) is 45.4 Å². The first-order valence-corrected chi connectivity index (χ1v) is 11.0. The summed E-state index contributed by atoms with van der Waals surface area (Å²) in [6.45, 7) is 7.78. The number of nitriles is 1. The Morgan fingerprint density at radius 1 is 1.32 bits per heavy atom. The number of ether oxygens (including phenoxy) is 1. The number of nitrogens with zero attached hydrogens (tertiary/aromatic N) is 7. The summed E-state index contributed by atoms with van der Waals surface area (Å²) in [5.41, 5.74) is 1.20. The van der Waals surface area contributed by atoms with Gasteiger partial charge < -0.3 is 4.74 Å². The summed E-state index contributed by atoms with van der Waals surface area (Å²) in [4.78, 5) is 7.98. The van der Waals surface area contributed by atoms with Gasteiger partial charge in [0.15, 0.2) is 12.3 Å². The summed E-state index contributed by atoms with van der Waals surface area (Å²) < 4.78 is 71.2. The fourth-order valence-corrected chi connectivity index (χ4v) is 3.34. The number of aliphatic imine (C=N–C) groups is 1. The zero-order valence-corrected chi connectivity index (χ0v) is 20.8. The lowest BCUT2D eigenvalue weighted by Crippen LogP contribution is -2.13. The molecule has 8 nitrogen and oxygen atoms in total. The average Bonchev–Trinajstić information content (AvgIpc) is 3.18. The highest BCUT2D eigenvalue weighted by atomic mass is 19.4. The Labute approximate surface area is 210 Å². The van der Waals surface area contributed by atoms with Crippen LogP contribution in [0.3, 0.4) is 0 Å². The standard InChI is InChI=1S/C24H26F5N7O/c1-14(2)21(19-11-36(5)35-22(19)24(27,28)29)34-32-8-6-7-18(31-13-30)10-17-9-15(3)33-23(16(17)4)37-12-20(25)26/h8-9,11,20H,1,6-7,10,12H2,2-5H3/b31-18?,32-8+,34-21+. The Balaban J connectivity index is 2.17. The smallest absolute Gasteiger partial charge is 0.435 e. The third-order valence-corrected chi connectivity index (χ3v) is 4.97. The number of hydrogen-bond donors (Lipinski definition) is 0. The van der Waals surface area contributed by atoms with Crippen molar-refractivity contribution >= 4 is 17.6 Å². The maximum atomic E-state index is 13.3. The molecule has 2 aromatic rings. The first-order chi connectivity index (χ1) is 17.3. The number of aromatic nitrogens is 3. The van der Waals surface area contributed by atoms with Gasteiger partial charge in [-0.25, -0.2) is 13.8 Å². The molecule has 0 unspecified atom stereocenters. The molecule has 37 heavy (non-hydrogen) atoms. The number of alkyl halides is 5. The van der Waals surface area contributed by atoms with Crippen molar-refractivity contribution in [3.05, 3.63) is 52.5 Å². The van der Waals surface area contributed by atoms with E-state index in [4.69, 9.17) is 10.00 Å². The molecular weight excluding hydrogens is 497 g/mol. The average molecular weight is 524 g/mol. The van der Waals surface area contributed by atoms with Gasteiger partial charge in [-0.1, -0.05) is 6.58 Å². The number of halogens is 5. The van der Waals surface area contributed by atoms with Crippen molar-refractivity contribution in [1.29, 1.82) is 5.26 Å². The highest BCUT2D eigenvalue weighted by Crippen LogP contribution is 2.31. The van der Waals surface area contributed by atoms with Crippen LogP contribution in [0.4, 0.5) is 22.0 Å². The van der Waals surface area contributed by atoms with Crippen LogP contribution in [-0.2, 0) is 19.6 Å². The molecule has 13 heteroatoms. The first kappa shape index (κ1) is 29.3. The van der Waals surface area contributed by atoms with E-state index in [0.717, 1.165) is 4.68 Å². The number of pyridine rings is 1. The van der Waals surface area contributed by atoms with Gasteiger partial charge in [-0.2, -0.15) is 38.7 Å². The summed E-state index contributed by atoms with van der Waals surface area (Å²) in [5.74, 6) is 0.0865. The van der Waals surface area contributed by atoms with Gasteiger partial charge >= 0.3 is 6.18 Å². The Kier molecular flexibility index (Phi) is 10.2. The predicted octanol–water partition coefficient (Wildman–Crippen LogP) is 5.39. The lowest BCUT2D eigenvalue weighted by atomic mass is 10.0. The van der Waals surface area contributed by atoms with Crippen molar-refractivity contribution in [3.63, 3.8) is 0 Å². The number of aryl methyl sites for hydroxylation is 2. The Morgan fingerprint density at radius 3 is 2.62 bits per heavy atom. The molecule has 0 fully saturated rings. The predicted molar refractivity (Wildman–Crippen MR) is 129 cm³/mol. The summed E-state index contributed by atoms with van der Waals surface area (Å²) in [7, 11) is 1.37. The van der Waals surface area contributed by atoms with Crippen molar-refractivity contribution in [3.8, 4) is 12.1 Å². The van der Waals surface area contributed by atoms with E-state index in [1.807, 2.05) is 0 Å². The van der Waals surface area contributed by atoms with Crippen LogP contribution in [0.25, 0.3) is 0 Å². The minimum Gasteiger partial charge on any atom is -0.471 e. The molecule has 2 heterocycles. The maximum Gasteiger partial charge on any atom is 0.435 e. The quantitative estimate of drug-likeness (QED) is 0.171. The Morgan fingerprint density at radius 2 is 2.03 bits per heavy atom. The molecule has 2 aromatic heterocycles. The molecule has 0 spiro atoms. The molecule has 0 saturated carbocycles. The summed E-state index contributed by atoms with van der Waals surface area (Å²) in [5, 5.41) is 20.4. The third-order valence-electron chi connectivity index (χ3n) is 4.97. The molecular formula is C24H26F5N7O. The van der Waals surface area contributed by atoms with Gasteiger partial charge in [0, 0.05) is 42.8 Å². The molecule has 0 aliphatic carbocycles. The van der Waals surface area contributed by atoms with E-state index in [-0.39, 0.29) is 35.6 Å². The minimum atomic E-state index is -4.67. The van der Waals surface area contributed by atoms with Crippen molar-refractivity contribution in [2.24, 2.45) is 22.2 Å². The molecule has 0 radical (unpaired) electrons. The van der Waals surface area contributed by atoms with Gasteiger partial charge in [0.05, 0.1) is 11.3 Å². The molecule has 0 aromatic carbocycles. The van der Waals surface area contributed by atoms with Crippen LogP contribution in [0, 0.1) is 25.3 Å². The second-order valence-electron chi connectivity index (χ2n) is 8.14. The molecule has 198 valence electrons. The van der Waals surface area contributed by atoms with Gasteiger partial charge in [-0.3, -0.25) is 4.68 Å². The van der Waals surface area contributed by atoms with Gasteiger partial charge in [-0.15, -0.1) is 0 Å². The lowest BCUT2D eigenvalue weighted by Gasteiger charge is -2.13.